The molecule has 1 aliphatic rings. The van der Waals surface area contributed by atoms with Crippen molar-refractivity contribution in [1.82, 2.24) is 10.9 Å². The van der Waals surface area contributed by atoms with Crippen LogP contribution in [0.25, 0.3) is 6.08 Å². The Labute approximate surface area is 135 Å². The minimum Gasteiger partial charge on any atom is -0.493 e. The summed E-state index contributed by atoms with van der Waals surface area (Å²) in [6, 6.07) is 3.63. The molecule has 1 fully saturated rings. The number of ether oxygens (including phenoxy) is 2. The third kappa shape index (κ3) is 3.83. The van der Waals surface area contributed by atoms with Crippen molar-refractivity contribution in [3.63, 3.8) is 0 Å². The van der Waals surface area contributed by atoms with Crippen molar-refractivity contribution in [2.75, 3.05) is 13.2 Å². The molecule has 124 valence electrons. The highest BCUT2D eigenvalue weighted by atomic mass is 16.5. The van der Waals surface area contributed by atoms with E-state index in [-0.39, 0.29) is 5.57 Å². The number of rotatable bonds is 7. The van der Waals surface area contributed by atoms with Gasteiger partial charge in [0, 0.05) is 11.1 Å². The Balaban J connectivity index is 2.41. The molecule has 2 rings (SSSR count). The van der Waals surface area contributed by atoms with Crippen LogP contribution < -0.4 is 20.3 Å². The third-order valence-corrected chi connectivity index (χ3v) is 3.38. The minimum absolute atomic E-state index is 0.0629. The average molecular weight is 318 g/mol. The molecule has 1 aliphatic heterocycles. The lowest BCUT2D eigenvalue weighted by Gasteiger charge is -2.16. The first kappa shape index (κ1) is 16.9. The van der Waals surface area contributed by atoms with Gasteiger partial charge in [-0.05, 0) is 38.0 Å². The molecule has 0 unspecified atom stereocenters. The van der Waals surface area contributed by atoms with Crippen LogP contribution >= 0.6 is 0 Å². The molecule has 6 heteroatoms. The molecular formula is C17H22N2O4. The Kier molecular flexibility index (Phi) is 5.62. The quantitative estimate of drug-likeness (QED) is 0.596. The monoisotopic (exact) mass is 318 g/mol. The van der Waals surface area contributed by atoms with Crippen molar-refractivity contribution < 1.29 is 19.1 Å². The number of hydrogen-bond acceptors (Lipinski definition) is 4. The van der Waals surface area contributed by atoms with Crippen molar-refractivity contribution in [3.8, 4) is 11.5 Å². The van der Waals surface area contributed by atoms with E-state index in [0.29, 0.717) is 24.5 Å². The van der Waals surface area contributed by atoms with Crippen LogP contribution in [-0.4, -0.2) is 25.0 Å². The molecule has 0 bridgehead atoms. The van der Waals surface area contributed by atoms with Gasteiger partial charge in [0.15, 0.2) is 0 Å². The second-order valence-corrected chi connectivity index (χ2v) is 5.27. The zero-order valence-corrected chi connectivity index (χ0v) is 13.7. The zero-order valence-electron chi connectivity index (χ0n) is 13.7. The second-order valence-electron chi connectivity index (χ2n) is 5.27. The number of carbonyl (C=O) groups excluding carboxylic acids is 2. The fourth-order valence-corrected chi connectivity index (χ4v) is 2.21. The topological polar surface area (TPSA) is 76.7 Å². The molecule has 2 amide bonds. The summed E-state index contributed by atoms with van der Waals surface area (Å²) >= 11 is 0. The van der Waals surface area contributed by atoms with Crippen molar-refractivity contribution in [2.45, 2.75) is 33.6 Å². The van der Waals surface area contributed by atoms with E-state index in [1.807, 2.05) is 26.8 Å². The normalized spacial score (nSPS) is 13.6. The summed E-state index contributed by atoms with van der Waals surface area (Å²) in [5.41, 5.74) is 6.17. The Hall–Kier alpha value is -2.50. The minimum atomic E-state index is -0.444. The van der Waals surface area contributed by atoms with Crippen molar-refractivity contribution in [3.05, 3.63) is 28.8 Å². The molecule has 1 aromatic rings. The number of hydrogen-bond donors (Lipinski definition) is 2. The fourth-order valence-electron chi connectivity index (χ4n) is 2.21. The van der Waals surface area contributed by atoms with E-state index in [0.717, 1.165) is 24.2 Å². The summed E-state index contributed by atoms with van der Waals surface area (Å²) in [7, 11) is 0. The number of nitrogens with one attached hydrogen (secondary N) is 2. The molecular weight excluding hydrogens is 296 g/mol. The lowest BCUT2D eigenvalue weighted by molar-refractivity contribution is -0.117. The van der Waals surface area contributed by atoms with Gasteiger partial charge >= 0.3 is 0 Å². The first-order chi connectivity index (χ1) is 11.1. The first-order valence-corrected chi connectivity index (χ1v) is 7.80. The van der Waals surface area contributed by atoms with E-state index < -0.39 is 11.8 Å². The molecule has 1 saturated heterocycles. The van der Waals surface area contributed by atoms with Crippen LogP contribution in [0.4, 0.5) is 0 Å². The molecule has 1 heterocycles. The van der Waals surface area contributed by atoms with Gasteiger partial charge in [0.25, 0.3) is 11.8 Å². The van der Waals surface area contributed by atoms with Crippen LogP contribution in [0.1, 0.15) is 37.8 Å². The van der Waals surface area contributed by atoms with E-state index in [2.05, 4.69) is 10.9 Å². The molecule has 0 saturated carbocycles. The highest BCUT2D eigenvalue weighted by Crippen LogP contribution is 2.33. The predicted molar refractivity (Wildman–Crippen MR) is 87.0 cm³/mol. The summed E-state index contributed by atoms with van der Waals surface area (Å²) in [6.07, 6.45) is 3.31. The maximum Gasteiger partial charge on any atom is 0.275 e. The van der Waals surface area contributed by atoms with Gasteiger partial charge < -0.3 is 9.47 Å². The lowest BCUT2D eigenvalue weighted by atomic mass is 10.0. The Morgan fingerprint density at radius 2 is 1.61 bits per heavy atom. The largest absolute Gasteiger partial charge is 0.493 e. The van der Waals surface area contributed by atoms with Crippen molar-refractivity contribution in [1.29, 1.82) is 0 Å². The van der Waals surface area contributed by atoms with Crippen molar-refractivity contribution in [2.24, 2.45) is 0 Å². The zero-order chi connectivity index (χ0) is 16.8. The van der Waals surface area contributed by atoms with Gasteiger partial charge in [-0.1, -0.05) is 13.8 Å². The summed E-state index contributed by atoms with van der Waals surface area (Å²) in [5.74, 6) is 0.502. The molecule has 0 radical (unpaired) electrons. The average Bonchev–Trinajstić information content (AvgIpc) is 2.85. The van der Waals surface area contributed by atoms with Crippen LogP contribution in [0, 0.1) is 6.92 Å². The highest BCUT2D eigenvalue weighted by Gasteiger charge is 2.26. The van der Waals surface area contributed by atoms with Gasteiger partial charge in [0.1, 0.15) is 17.1 Å². The third-order valence-electron chi connectivity index (χ3n) is 3.38. The van der Waals surface area contributed by atoms with Crippen LogP contribution in [-0.2, 0) is 9.59 Å². The molecule has 0 spiro atoms. The van der Waals surface area contributed by atoms with E-state index >= 15 is 0 Å². The summed E-state index contributed by atoms with van der Waals surface area (Å²) in [6.45, 7) is 7.14. The van der Waals surface area contributed by atoms with Gasteiger partial charge in [-0.3, -0.25) is 20.4 Å². The second kappa shape index (κ2) is 7.67. The summed E-state index contributed by atoms with van der Waals surface area (Å²) < 4.78 is 11.5. The Morgan fingerprint density at radius 3 is 2.22 bits per heavy atom. The predicted octanol–water partition coefficient (Wildman–Crippen LogP) is 2.12. The first-order valence-electron chi connectivity index (χ1n) is 7.80. The number of hydrazine groups is 1. The van der Waals surface area contributed by atoms with Gasteiger partial charge in [0.2, 0.25) is 0 Å². The van der Waals surface area contributed by atoms with Gasteiger partial charge in [-0.15, -0.1) is 0 Å². The lowest BCUT2D eigenvalue weighted by Crippen LogP contribution is -2.28. The van der Waals surface area contributed by atoms with E-state index in [4.69, 9.17) is 9.47 Å². The molecule has 23 heavy (non-hydrogen) atoms. The van der Waals surface area contributed by atoms with Crippen molar-refractivity contribution >= 4 is 17.9 Å². The molecule has 0 aliphatic carbocycles. The smallest absolute Gasteiger partial charge is 0.275 e. The molecule has 2 N–H and O–H groups in total. The van der Waals surface area contributed by atoms with E-state index in [1.165, 1.54) is 0 Å². The molecule has 0 aromatic heterocycles. The Morgan fingerprint density at radius 1 is 1.00 bits per heavy atom. The highest BCUT2D eigenvalue weighted by molar-refractivity contribution is 6.25. The molecule has 0 atom stereocenters. The maximum absolute atomic E-state index is 11.7. The van der Waals surface area contributed by atoms with E-state index in [1.54, 1.807) is 12.1 Å². The van der Waals surface area contributed by atoms with Gasteiger partial charge in [-0.2, -0.15) is 0 Å². The van der Waals surface area contributed by atoms with Crippen LogP contribution in [0.15, 0.2) is 17.7 Å². The van der Waals surface area contributed by atoms with Gasteiger partial charge in [-0.25, -0.2) is 0 Å². The number of carbonyl (C=O) groups is 2. The molecule has 1 aromatic carbocycles. The van der Waals surface area contributed by atoms with Gasteiger partial charge in [0.05, 0.1) is 13.2 Å². The van der Waals surface area contributed by atoms with Crippen LogP contribution in [0.5, 0.6) is 11.5 Å². The standard InChI is InChI=1S/C17H22N2O4/c1-4-8-22-14-7-6-12(15(11(14)3)23-9-5-2)10-13-16(20)18-19-17(13)21/h6-7,10H,4-5,8-9H2,1-3H3,(H,18,20)(H,19,21). The fraction of sp³-hybridized carbons (Fsp3) is 0.412. The molecule has 6 nitrogen and oxygen atoms in total. The number of benzene rings is 1. The van der Waals surface area contributed by atoms with E-state index in [9.17, 15) is 9.59 Å². The van der Waals surface area contributed by atoms with Crippen LogP contribution in [0.2, 0.25) is 0 Å². The number of amides is 2. The summed E-state index contributed by atoms with van der Waals surface area (Å²) in [5, 5.41) is 0. The van der Waals surface area contributed by atoms with Crippen LogP contribution in [0.3, 0.4) is 0 Å². The summed E-state index contributed by atoms with van der Waals surface area (Å²) in [4.78, 5) is 23.4. The SMILES string of the molecule is CCCOc1ccc(C=C2C(=O)NNC2=O)c(OCCC)c1C. The Bertz CT molecular complexity index is 620. The maximum atomic E-state index is 11.7.